The van der Waals surface area contributed by atoms with Crippen LogP contribution in [0.2, 0.25) is 11.4 Å². The normalized spacial score (nSPS) is 11.0. The predicted molar refractivity (Wildman–Crippen MR) is 48.6 cm³/mol. The van der Waals surface area contributed by atoms with Gasteiger partial charge in [-0.25, -0.2) is 0 Å². The fourth-order valence-electron chi connectivity index (χ4n) is 0. The van der Waals surface area contributed by atoms with Gasteiger partial charge in [-0.15, -0.1) is 0 Å². The minimum absolute atomic E-state index is 0. The Kier molecular flexibility index (Phi) is 28.3. The standard InChI is InChI=1S/CH5AsO3.CH5AsO2.2Ca.4H/c1-2(3,4)5;1-2(3)4;;;;;;/h1H3,(H2,3,4,5);2H,1H3,(H,3,4);;;;;;/q;;2*+2;4*-1. The average Bonchev–Trinajstić information content (AvgIpc) is 1.19. The van der Waals surface area contributed by atoms with Gasteiger partial charge in [0.05, 0.1) is 0 Å². The van der Waals surface area contributed by atoms with Gasteiger partial charge < -0.3 is 5.71 Å². The summed E-state index contributed by atoms with van der Waals surface area (Å²) in [6.45, 7) is 0. The minimum atomic E-state index is -4.12. The van der Waals surface area contributed by atoms with Crippen LogP contribution in [0, 0.1) is 0 Å². The summed E-state index contributed by atoms with van der Waals surface area (Å²) in [6, 6.07) is 0. The van der Waals surface area contributed by atoms with Crippen molar-refractivity contribution in [3.05, 3.63) is 0 Å². The van der Waals surface area contributed by atoms with Crippen molar-refractivity contribution in [2.24, 2.45) is 0 Å². The van der Waals surface area contributed by atoms with Gasteiger partial charge in [-0.3, -0.25) is 0 Å². The quantitative estimate of drug-likeness (QED) is 0.437. The van der Waals surface area contributed by atoms with Crippen molar-refractivity contribution in [2.75, 3.05) is 0 Å². The van der Waals surface area contributed by atoms with E-state index in [0.29, 0.717) is 0 Å². The van der Waals surface area contributed by atoms with Gasteiger partial charge >= 0.3 is 136 Å². The Labute approximate surface area is 139 Å². The summed E-state index contributed by atoms with van der Waals surface area (Å²) in [5.74, 6) is 0. The zero-order chi connectivity index (χ0) is 8.08. The Bertz CT molecular complexity index is 133. The molecule has 0 saturated carbocycles. The fraction of sp³-hybridized carbons (Fsp3) is 1.00. The molecule has 0 heterocycles. The number of rotatable bonds is 0. The first kappa shape index (κ1) is 23.7. The van der Waals surface area contributed by atoms with Crippen LogP contribution in [-0.4, -0.2) is 117 Å². The van der Waals surface area contributed by atoms with Gasteiger partial charge in [0.15, 0.2) is 0 Å². The molecule has 0 aromatic rings. The summed E-state index contributed by atoms with van der Waals surface area (Å²) >= 11 is -6.71. The molecule has 5 nitrogen and oxygen atoms in total. The topological polar surface area (TPSA) is 94.8 Å². The summed E-state index contributed by atoms with van der Waals surface area (Å²) in [6.07, 6.45) is 0. The van der Waals surface area contributed by atoms with Crippen LogP contribution in [0.5, 0.6) is 0 Å². The van der Waals surface area contributed by atoms with Crippen LogP contribution < -0.4 is 0 Å². The molecule has 0 aliphatic carbocycles. The molecule has 66 valence electrons. The SMILES string of the molecule is C[AsH](=O)O.C[As](=O)(O)O.[Ca+2].[Ca+2].[H-].[H-].[H-].[H-]. The second-order valence-corrected chi connectivity index (χ2v) is 7.04. The molecule has 0 rings (SSSR count). The Morgan fingerprint density at radius 2 is 1.36 bits per heavy atom. The average molecular weight is 348 g/mol. The summed E-state index contributed by atoms with van der Waals surface area (Å²) in [5, 5.41) is 0. The summed E-state index contributed by atoms with van der Waals surface area (Å²) in [4.78, 5) is 0. The summed E-state index contributed by atoms with van der Waals surface area (Å²) in [7, 11) is 0. The molecule has 0 bridgehead atoms. The molecule has 0 radical (unpaired) electrons. The smallest absolute Gasteiger partial charge is 1.00 e. The first-order valence-corrected chi connectivity index (χ1v) is 10.2. The number of hydrogen-bond donors (Lipinski definition) is 3. The van der Waals surface area contributed by atoms with E-state index in [1.165, 1.54) is 5.71 Å². The van der Waals surface area contributed by atoms with E-state index in [1.807, 2.05) is 0 Å². The third kappa shape index (κ3) is 167. The molecule has 0 aliphatic rings. The van der Waals surface area contributed by atoms with Gasteiger partial charge in [0.1, 0.15) is 0 Å². The second-order valence-electron chi connectivity index (χ2n) is 1.35. The van der Waals surface area contributed by atoms with Crippen molar-refractivity contribution in [3.63, 3.8) is 0 Å². The molecular weight excluding hydrogens is 334 g/mol. The fourth-order valence-corrected chi connectivity index (χ4v) is 0. The maximum atomic E-state index is 9.39. The van der Waals surface area contributed by atoms with Crippen molar-refractivity contribution in [3.8, 4) is 0 Å². The van der Waals surface area contributed by atoms with Gasteiger partial charge in [0, 0.05) is 0 Å². The van der Waals surface area contributed by atoms with Crippen molar-refractivity contribution < 1.29 is 25.5 Å². The van der Waals surface area contributed by atoms with Crippen LogP contribution in [-0.2, 0) is 7.48 Å². The van der Waals surface area contributed by atoms with E-state index in [2.05, 4.69) is 0 Å². The zero-order valence-corrected chi connectivity index (χ0v) is 14.9. The maximum Gasteiger partial charge on any atom is 2.00 e. The monoisotopic (exact) mass is 348 g/mol. The van der Waals surface area contributed by atoms with E-state index in [4.69, 9.17) is 12.3 Å². The Balaban J connectivity index is -0.00000000785. The van der Waals surface area contributed by atoms with E-state index in [0.717, 1.165) is 5.71 Å². The van der Waals surface area contributed by atoms with Crippen molar-refractivity contribution in [1.82, 2.24) is 0 Å². The number of hydrogen-bond acceptors (Lipinski definition) is 2. The van der Waals surface area contributed by atoms with E-state index in [-0.39, 0.29) is 81.2 Å². The Hall–Kier alpha value is 3.12. The molecule has 11 heavy (non-hydrogen) atoms. The molecule has 0 amide bonds. The van der Waals surface area contributed by atoms with Gasteiger partial charge in [-0.1, -0.05) is 0 Å². The van der Waals surface area contributed by atoms with Crippen LogP contribution in [0.15, 0.2) is 0 Å². The summed E-state index contributed by atoms with van der Waals surface area (Å²) < 4.78 is 41.7. The molecule has 3 N–H and O–H groups in total. The van der Waals surface area contributed by atoms with E-state index < -0.39 is 29.1 Å². The molecule has 0 spiro atoms. The first-order valence-electron chi connectivity index (χ1n) is 1.96. The largest absolute Gasteiger partial charge is 2.00 e. The molecular formula is C2H14As2Ca2O5. The van der Waals surface area contributed by atoms with Crippen molar-refractivity contribution >= 4 is 105 Å². The molecule has 0 saturated heterocycles. The molecule has 1 unspecified atom stereocenters. The van der Waals surface area contributed by atoms with Gasteiger partial charge in [-0.05, 0) is 0 Å². The molecule has 0 fully saturated rings. The minimum Gasteiger partial charge on any atom is -1.00 e. The Morgan fingerprint density at radius 3 is 1.36 bits per heavy atom. The molecule has 0 aliphatic heterocycles. The molecule has 0 aromatic heterocycles. The molecule has 9 heteroatoms. The van der Waals surface area contributed by atoms with Crippen LogP contribution in [0.1, 0.15) is 5.71 Å². The van der Waals surface area contributed by atoms with Gasteiger partial charge in [-0.2, -0.15) is 0 Å². The third-order valence-electron chi connectivity index (χ3n) is 0. The zero-order valence-electron chi connectivity index (χ0n) is 10.5. The van der Waals surface area contributed by atoms with Crippen LogP contribution in [0.3, 0.4) is 0 Å². The van der Waals surface area contributed by atoms with Crippen LogP contribution in [0.4, 0.5) is 0 Å². The van der Waals surface area contributed by atoms with Crippen molar-refractivity contribution in [2.45, 2.75) is 11.4 Å². The maximum absolute atomic E-state index is 9.39. The van der Waals surface area contributed by atoms with Gasteiger partial charge in [0.2, 0.25) is 0 Å². The van der Waals surface area contributed by atoms with Crippen molar-refractivity contribution in [1.29, 1.82) is 0 Å². The second kappa shape index (κ2) is 13.1. The Morgan fingerprint density at radius 1 is 1.36 bits per heavy atom. The molecule has 0 aromatic carbocycles. The van der Waals surface area contributed by atoms with Crippen LogP contribution >= 0.6 is 0 Å². The van der Waals surface area contributed by atoms with Gasteiger partial charge in [0.25, 0.3) is 0 Å². The van der Waals surface area contributed by atoms with E-state index >= 15 is 0 Å². The first-order chi connectivity index (χ1) is 3.73. The predicted octanol–water partition coefficient (Wildman–Crippen LogP) is -2.08. The third-order valence-corrected chi connectivity index (χ3v) is 0. The van der Waals surface area contributed by atoms with Crippen LogP contribution in [0.25, 0.3) is 0 Å². The summed E-state index contributed by atoms with van der Waals surface area (Å²) in [5.41, 5.74) is 2.25. The van der Waals surface area contributed by atoms with E-state index in [1.54, 1.807) is 0 Å². The molecule has 1 atom stereocenters. The van der Waals surface area contributed by atoms with E-state index in [9.17, 15) is 7.48 Å².